The molecule has 0 aromatic heterocycles. The van der Waals surface area contributed by atoms with Gasteiger partial charge in [0, 0.05) is 6.54 Å². The van der Waals surface area contributed by atoms with Gasteiger partial charge in [-0.3, -0.25) is 4.79 Å². The third kappa shape index (κ3) is 2.16. The average molecular weight is 233 g/mol. The van der Waals surface area contributed by atoms with E-state index in [-0.39, 0.29) is 11.9 Å². The number of para-hydroxylation sites is 1. The number of benzene rings is 1. The first-order chi connectivity index (χ1) is 8.27. The van der Waals surface area contributed by atoms with Crippen molar-refractivity contribution in [1.29, 1.82) is 0 Å². The highest BCUT2D eigenvalue weighted by Gasteiger charge is 2.30. The lowest BCUT2D eigenvalue weighted by atomic mass is 10.1. The molecule has 1 aliphatic heterocycles. The van der Waals surface area contributed by atoms with E-state index in [1.807, 2.05) is 6.07 Å². The molecule has 90 valence electrons. The van der Waals surface area contributed by atoms with Crippen molar-refractivity contribution < 1.29 is 14.3 Å². The Morgan fingerprint density at radius 3 is 2.94 bits per heavy atom. The highest BCUT2D eigenvalue weighted by atomic mass is 16.5. The Morgan fingerprint density at radius 1 is 1.47 bits per heavy atom. The molecule has 1 aromatic carbocycles. The fourth-order valence-corrected chi connectivity index (χ4v) is 2.16. The number of carbonyl (C=O) groups is 2. The number of hydrogen-bond acceptors (Lipinski definition) is 3. The molecule has 0 saturated carbocycles. The van der Waals surface area contributed by atoms with E-state index in [9.17, 15) is 9.59 Å². The number of ether oxygens (including phenoxy) is 1. The van der Waals surface area contributed by atoms with E-state index in [2.05, 4.69) is 0 Å². The summed E-state index contributed by atoms with van der Waals surface area (Å²) in [4.78, 5) is 24.8. The molecule has 0 N–H and O–H groups in total. The van der Waals surface area contributed by atoms with Crippen LogP contribution in [0.25, 0.3) is 0 Å². The van der Waals surface area contributed by atoms with Crippen LogP contribution in [-0.2, 0) is 4.79 Å². The molecule has 1 saturated heterocycles. The smallest absolute Gasteiger partial charge is 0.258 e. The number of nitrogens with zero attached hydrogens (tertiary/aromatic N) is 1. The SMILES string of the molecule is COc1ccccc1C(=O)N1CCCC1C=O. The van der Waals surface area contributed by atoms with Crippen LogP contribution in [-0.4, -0.2) is 36.8 Å². The van der Waals surface area contributed by atoms with Crippen molar-refractivity contribution in [3.8, 4) is 5.75 Å². The molecule has 0 bridgehead atoms. The zero-order valence-corrected chi connectivity index (χ0v) is 9.76. The molecule has 17 heavy (non-hydrogen) atoms. The highest BCUT2D eigenvalue weighted by molar-refractivity contribution is 5.98. The maximum Gasteiger partial charge on any atom is 0.258 e. The lowest BCUT2D eigenvalue weighted by Gasteiger charge is -2.21. The largest absolute Gasteiger partial charge is 0.496 e. The molecule has 1 amide bonds. The first-order valence-corrected chi connectivity index (χ1v) is 5.67. The van der Waals surface area contributed by atoms with Crippen molar-refractivity contribution in [1.82, 2.24) is 4.90 Å². The number of hydrogen-bond donors (Lipinski definition) is 0. The van der Waals surface area contributed by atoms with Gasteiger partial charge >= 0.3 is 0 Å². The second-order valence-electron chi connectivity index (χ2n) is 4.04. The first kappa shape index (κ1) is 11.6. The summed E-state index contributed by atoms with van der Waals surface area (Å²) in [7, 11) is 1.54. The van der Waals surface area contributed by atoms with Crippen LogP contribution in [0.15, 0.2) is 24.3 Å². The molecule has 1 fully saturated rings. The lowest BCUT2D eigenvalue weighted by Crippen LogP contribution is -2.36. The zero-order valence-electron chi connectivity index (χ0n) is 9.76. The Labute approximate surface area is 100 Å². The van der Waals surface area contributed by atoms with Crippen molar-refractivity contribution >= 4 is 12.2 Å². The van der Waals surface area contributed by atoms with E-state index in [1.165, 1.54) is 7.11 Å². The van der Waals surface area contributed by atoms with E-state index in [4.69, 9.17) is 4.74 Å². The molecule has 4 heteroatoms. The van der Waals surface area contributed by atoms with Gasteiger partial charge in [-0.25, -0.2) is 0 Å². The number of amides is 1. The Kier molecular flexibility index (Phi) is 3.42. The molecule has 0 radical (unpaired) electrons. The van der Waals surface area contributed by atoms with Gasteiger partial charge in [0.15, 0.2) is 0 Å². The number of aldehydes is 1. The third-order valence-electron chi connectivity index (χ3n) is 3.05. The summed E-state index contributed by atoms with van der Waals surface area (Å²) in [5.41, 5.74) is 0.517. The fourth-order valence-electron chi connectivity index (χ4n) is 2.16. The standard InChI is InChI=1S/C13H15NO3/c1-17-12-7-3-2-6-11(12)13(16)14-8-4-5-10(14)9-15/h2-3,6-7,9-10H,4-5,8H2,1H3. The van der Waals surface area contributed by atoms with E-state index < -0.39 is 0 Å². The Bertz CT molecular complexity index is 430. The predicted molar refractivity (Wildman–Crippen MR) is 63.1 cm³/mol. The van der Waals surface area contributed by atoms with Crippen molar-refractivity contribution in [3.63, 3.8) is 0 Å². The summed E-state index contributed by atoms with van der Waals surface area (Å²) < 4.78 is 5.16. The Hall–Kier alpha value is -1.84. The monoisotopic (exact) mass is 233 g/mol. The topological polar surface area (TPSA) is 46.6 Å². The van der Waals surface area contributed by atoms with Crippen LogP contribution in [0.5, 0.6) is 5.75 Å². The van der Waals surface area contributed by atoms with Crippen molar-refractivity contribution in [3.05, 3.63) is 29.8 Å². The molecule has 1 unspecified atom stereocenters. The molecule has 1 aliphatic rings. The normalized spacial score (nSPS) is 19.1. The molecule has 0 spiro atoms. The van der Waals surface area contributed by atoms with Gasteiger partial charge in [0.1, 0.15) is 12.0 Å². The first-order valence-electron chi connectivity index (χ1n) is 5.67. The van der Waals surface area contributed by atoms with Crippen LogP contribution in [0.2, 0.25) is 0 Å². The van der Waals surface area contributed by atoms with Crippen LogP contribution in [0.1, 0.15) is 23.2 Å². The average Bonchev–Trinajstić information content (AvgIpc) is 2.86. The predicted octanol–water partition coefficient (Wildman–Crippen LogP) is 1.50. The lowest BCUT2D eigenvalue weighted by molar-refractivity contribution is -0.111. The van der Waals surface area contributed by atoms with E-state index in [0.29, 0.717) is 17.9 Å². The maximum atomic E-state index is 12.3. The van der Waals surface area contributed by atoms with Gasteiger partial charge < -0.3 is 14.4 Å². The summed E-state index contributed by atoms with van der Waals surface area (Å²) in [5, 5.41) is 0. The minimum absolute atomic E-state index is 0.128. The maximum absolute atomic E-state index is 12.3. The molecule has 2 rings (SSSR count). The van der Waals surface area contributed by atoms with Crippen LogP contribution in [0, 0.1) is 0 Å². The highest BCUT2D eigenvalue weighted by Crippen LogP contribution is 2.24. The molecule has 0 aliphatic carbocycles. The van der Waals surface area contributed by atoms with Crippen LogP contribution in [0.4, 0.5) is 0 Å². The summed E-state index contributed by atoms with van der Waals surface area (Å²) in [6.45, 7) is 0.639. The van der Waals surface area contributed by atoms with Gasteiger partial charge in [-0.15, -0.1) is 0 Å². The van der Waals surface area contributed by atoms with Gasteiger partial charge in [-0.05, 0) is 25.0 Å². The number of methoxy groups -OCH3 is 1. The van der Waals surface area contributed by atoms with Crippen molar-refractivity contribution in [2.45, 2.75) is 18.9 Å². The van der Waals surface area contributed by atoms with Crippen LogP contribution >= 0.6 is 0 Å². The second kappa shape index (κ2) is 4.99. The minimum atomic E-state index is -0.285. The third-order valence-corrected chi connectivity index (χ3v) is 3.05. The van der Waals surface area contributed by atoms with E-state index >= 15 is 0 Å². The fraction of sp³-hybridized carbons (Fsp3) is 0.385. The Balaban J connectivity index is 2.27. The number of likely N-dealkylation sites (tertiary alicyclic amines) is 1. The Morgan fingerprint density at radius 2 is 2.24 bits per heavy atom. The van der Waals surface area contributed by atoms with Crippen molar-refractivity contribution in [2.75, 3.05) is 13.7 Å². The molecule has 1 atom stereocenters. The van der Waals surface area contributed by atoms with Gasteiger partial charge in [0.05, 0.1) is 18.7 Å². The van der Waals surface area contributed by atoms with Gasteiger partial charge in [-0.2, -0.15) is 0 Å². The quantitative estimate of drug-likeness (QED) is 0.743. The molecular weight excluding hydrogens is 218 g/mol. The summed E-state index contributed by atoms with van der Waals surface area (Å²) in [6.07, 6.45) is 2.48. The summed E-state index contributed by atoms with van der Waals surface area (Å²) in [5.74, 6) is 0.422. The number of rotatable bonds is 3. The molecule has 1 aromatic rings. The zero-order chi connectivity index (χ0) is 12.3. The van der Waals surface area contributed by atoms with Crippen LogP contribution in [0.3, 0.4) is 0 Å². The van der Waals surface area contributed by atoms with Crippen molar-refractivity contribution in [2.24, 2.45) is 0 Å². The summed E-state index contributed by atoms with van der Waals surface area (Å²) in [6, 6.07) is 6.80. The van der Waals surface area contributed by atoms with Gasteiger partial charge in [-0.1, -0.05) is 12.1 Å². The molecule has 4 nitrogen and oxygen atoms in total. The number of carbonyl (C=O) groups excluding carboxylic acids is 2. The van der Waals surface area contributed by atoms with E-state index in [1.54, 1.807) is 23.1 Å². The summed E-state index contributed by atoms with van der Waals surface area (Å²) >= 11 is 0. The minimum Gasteiger partial charge on any atom is -0.496 e. The van der Waals surface area contributed by atoms with E-state index in [0.717, 1.165) is 19.1 Å². The van der Waals surface area contributed by atoms with Gasteiger partial charge in [0.25, 0.3) is 5.91 Å². The van der Waals surface area contributed by atoms with Crippen LogP contribution < -0.4 is 4.74 Å². The van der Waals surface area contributed by atoms with Gasteiger partial charge in [0.2, 0.25) is 0 Å². The second-order valence-corrected chi connectivity index (χ2v) is 4.04. The molecule has 1 heterocycles. The molecular formula is C13H15NO3.